The van der Waals surface area contributed by atoms with Crippen LogP contribution in [0.1, 0.15) is 17.2 Å². The van der Waals surface area contributed by atoms with Gasteiger partial charge in [0.25, 0.3) is 5.91 Å². The average Bonchev–Trinajstić information content (AvgIpc) is 2.46. The van der Waals surface area contributed by atoms with E-state index in [1.165, 1.54) is 6.21 Å². The van der Waals surface area contributed by atoms with Gasteiger partial charge in [0.2, 0.25) is 0 Å². The predicted octanol–water partition coefficient (Wildman–Crippen LogP) is 2.37. The van der Waals surface area contributed by atoms with E-state index in [1.807, 2.05) is 36.4 Å². The second kappa shape index (κ2) is 5.89. The van der Waals surface area contributed by atoms with Gasteiger partial charge in [0, 0.05) is 6.21 Å². The molecule has 3 nitrogen and oxygen atoms in total. The Labute approximate surface area is 105 Å². The highest BCUT2D eigenvalue weighted by atomic mass is 16.3. The van der Waals surface area contributed by atoms with Crippen molar-refractivity contribution in [3.63, 3.8) is 0 Å². The summed E-state index contributed by atoms with van der Waals surface area (Å²) in [4.78, 5) is 15.4. The molecule has 0 heterocycles. The largest absolute Gasteiger partial charge is 0.378 e. The lowest BCUT2D eigenvalue weighted by molar-refractivity contribution is -0.125. The third-order valence-electron chi connectivity index (χ3n) is 2.49. The second-order valence-electron chi connectivity index (χ2n) is 3.82. The fourth-order valence-electron chi connectivity index (χ4n) is 1.53. The van der Waals surface area contributed by atoms with Crippen LogP contribution in [0.3, 0.4) is 0 Å². The standard InChI is InChI=1S/C15H13NO2/c17-14(13-9-5-2-6-10-13)15(18)16-11-12-7-3-1-4-8-12/h1-11,14,17H. The number of carbonyl (C=O) groups excluding carboxylic acids is 1. The van der Waals surface area contributed by atoms with E-state index in [4.69, 9.17) is 0 Å². The fourth-order valence-corrected chi connectivity index (χ4v) is 1.53. The highest BCUT2D eigenvalue weighted by molar-refractivity contribution is 5.94. The second-order valence-corrected chi connectivity index (χ2v) is 3.82. The van der Waals surface area contributed by atoms with Crippen LogP contribution in [-0.4, -0.2) is 17.2 Å². The molecule has 0 spiro atoms. The van der Waals surface area contributed by atoms with Crippen LogP contribution in [0.4, 0.5) is 0 Å². The van der Waals surface area contributed by atoms with Gasteiger partial charge in [-0.2, -0.15) is 0 Å². The van der Waals surface area contributed by atoms with Gasteiger partial charge in [-0.1, -0.05) is 60.7 Å². The summed E-state index contributed by atoms with van der Waals surface area (Å²) in [6, 6.07) is 18.0. The normalized spacial score (nSPS) is 12.5. The van der Waals surface area contributed by atoms with Crippen LogP contribution in [0.5, 0.6) is 0 Å². The molecular formula is C15H13NO2. The molecule has 2 rings (SSSR count). The fraction of sp³-hybridized carbons (Fsp3) is 0.0667. The first kappa shape index (κ1) is 12.2. The summed E-state index contributed by atoms with van der Waals surface area (Å²) in [6.45, 7) is 0. The number of hydrogen-bond donors (Lipinski definition) is 1. The lowest BCUT2D eigenvalue weighted by Crippen LogP contribution is -2.09. The molecule has 0 fully saturated rings. The summed E-state index contributed by atoms with van der Waals surface area (Å²) in [5, 5.41) is 9.80. The molecule has 90 valence electrons. The van der Waals surface area contributed by atoms with Gasteiger partial charge in [-0.05, 0) is 11.1 Å². The van der Waals surface area contributed by atoms with E-state index in [0.717, 1.165) is 5.56 Å². The van der Waals surface area contributed by atoms with Gasteiger partial charge in [0.1, 0.15) is 0 Å². The average molecular weight is 239 g/mol. The van der Waals surface area contributed by atoms with Gasteiger partial charge in [0.05, 0.1) is 0 Å². The molecule has 1 N–H and O–H groups in total. The van der Waals surface area contributed by atoms with E-state index in [-0.39, 0.29) is 0 Å². The lowest BCUT2D eigenvalue weighted by Gasteiger charge is -2.05. The Bertz CT molecular complexity index is 535. The molecule has 2 aromatic rings. The summed E-state index contributed by atoms with van der Waals surface area (Å²) in [5.74, 6) is -0.565. The van der Waals surface area contributed by atoms with E-state index in [1.54, 1.807) is 24.3 Å². The van der Waals surface area contributed by atoms with Crippen molar-refractivity contribution in [2.24, 2.45) is 4.99 Å². The van der Waals surface area contributed by atoms with Crippen LogP contribution >= 0.6 is 0 Å². The van der Waals surface area contributed by atoms with Crippen LogP contribution in [0.2, 0.25) is 0 Å². The number of aliphatic imine (C=N–C) groups is 1. The Morgan fingerprint density at radius 2 is 1.56 bits per heavy atom. The third kappa shape index (κ3) is 3.12. The molecule has 18 heavy (non-hydrogen) atoms. The first-order valence-electron chi connectivity index (χ1n) is 5.63. The van der Waals surface area contributed by atoms with Crippen molar-refractivity contribution >= 4 is 12.1 Å². The van der Waals surface area contributed by atoms with Crippen molar-refractivity contribution in [3.05, 3.63) is 71.8 Å². The van der Waals surface area contributed by atoms with Gasteiger partial charge in [-0.15, -0.1) is 0 Å². The number of amides is 1. The Balaban J connectivity index is 2.07. The molecule has 0 aliphatic carbocycles. The minimum absolute atomic E-state index is 0.549. The number of aliphatic hydroxyl groups is 1. The SMILES string of the molecule is O=C(N=Cc1ccccc1)C(O)c1ccccc1. The summed E-state index contributed by atoms with van der Waals surface area (Å²) >= 11 is 0. The molecule has 2 aromatic carbocycles. The maximum atomic E-state index is 11.7. The van der Waals surface area contributed by atoms with Crippen molar-refractivity contribution in [2.75, 3.05) is 0 Å². The number of aliphatic hydroxyl groups excluding tert-OH is 1. The van der Waals surface area contributed by atoms with Gasteiger partial charge in [0.15, 0.2) is 6.10 Å². The molecular weight excluding hydrogens is 226 g/mol. The summed E-state index contributed by atoms with van der Waals surface area (Å²) in [6.07, 6.45) is 0.250. The van der Waals surface area contributed by atoms with Crippen LogP contribution in [-0.2, 0) is 4.79 Å². The van der Waals surface area contributed by atoms with Gasteiger partial charge < -0.3 is 5.11 Å². The monoisotopic (exact) mass is 239 g/mol. The topological polar surface area (TPSA) is 49.7 Å². The number of rotatable bonds is 3. The van der Waals surface area contributed by atoms with Crippen molar-refractivity contribution in [3.8, 4) is 0 Å². The van der Waals surface area contributed by atoms with Crippen molar-refractivity contribution in [2.45, 2.75) is 6.10 Å². The van der Waals surface area contributed by atoms with Gasteiger partial charge >= 0.3 is 0 Å². The smallest absolute Gasteiger partial charge is 0.279 e. The highest BCUT2D eigenvalue weighted by Gasteiger charge is 2.15. The van der Waals surface area contributed by atoms with E-state index in [9.17, 15) is 9.90 Å². The molecule has 0 aliphatic heterocycles. The molecule has 0 saturated heterocycles. The quantitative estimate of drug-likeness (QED) is 0.836. The van der Waals surface area contributed by atoms with Crippen molar-refractivity contribution in [1.29, 1.82) is 0 Å². The number of hydrogen-bond acceptors (Lipinski definition) is 2. The molecule has 0 saturated carbocycles. The van der Waals surface area contributed by atoms with Crippen LogP contribution in [0, 0.1) is 0 Å². The molecule has 1 unspecified atom stereocenters. The van der Waals surface area contributed by atoms with E-state index >= 15 is 0 Å². The third-order valence-corrected chi connectivity index (χ3v) is 2.49. The van der Waals surface area contributed by atoms with E-state index in [2.05, 4.69) is 4.99 Å². The Kier molecular flexibility index (Phi) is 3.99. The first-order chi connectivity index (χ1) is 8.77. The van der Waals surface area contributed by atoms with Crippen molar-refractivity contribution in [1.82, 2.24) is 0 Å². The minimum atomic E-state index is -1.20. The lowest BCUT2D eigenvalue weighted by atomic mass is 10.1. The summed E-state index contributed by atoms with van der Waals surface area (Å²) < 4.78 is 0. The summed E-state index contributed by atoms with van der Waals surface area (Å²) in [5.41, 5.74) is 1.37. The summed E-state index contributed by atoms with van der Waals surface area (Å²) in [7, 11) is 0. The molecule has 0 bridgehead atoms. The maximum Gasteiger partial charge on any atom is 0.279 e. The maximum absolute atomic E-state index is 11.7. The zero-order chi connectivity index (χ0) is 12.8. The Morgan fingerprint density at radius 1 is 1.00 bits per heavy atom. The number of carbonyl (C=O) groups is 1. The number of nitrogens with zero attached hydrogens (tertiary/aromatic N) is 1. The van der Waals surface area contributed by atoms with E-state index < -0.39 is 12.0 Å². The molecule has 0 radical (unpaired) electrons. The first-order valence-corrected chi connectivity index (χ1v) is 5.63. The van der Waals surface area contributed by atoms with E-state index in [0.29, 0.717) is 5.56 Å². The molecule has 0 aliphatic rings. The predicted molar refractivity (Wildman–Crippen MR) is 70.4 cm³/mol. The molecule has 1 atom stereocenters. The van der Waals surface area contributed by atoms with Crippen molar-refractivity contribution < 1.29 is 9.90 Å². The zero-order valence-corrected chi connectivity index (χ0v) is 9.73. The molecule has 3 heteroatoms. The van der Waals surface area contributed by atoms with Gasteiger partial charge in [-0.25, -0.2) is 4.99 Å². The number of benzene rings is 2. The Hall–Kier alpha value is -2.26. The highest BCUT2D eigenvalue weighted by Crippen LogP contribution is 2.13. The van der Waals surface area contributed by atoms with Crippen LogP contribution < -0.4 is 0 Å². The minimum Gasteiger partial charge on any atom is -0.378 e. The molecule has 1 amide bonds. The van der Waals surface area contributed by atoms with Gasteiger partial charge in [-0.3, -0.25) is 4.79 Å². The Morgan fingerprint density at radius 3 is 2.17 bits per heavy atom. The van der Waals surface area contributed by atoms with Crippen LogP contribution in [0.25, 0.3) is 0 Å². The zero-order valence-electron chi connectivity index (χ0n) is 9.73. The van der Waals surface area contributed by atoms with Crippen LogP contribution in [0.15, 0.2) is 65.7 Å². The molecule has 0 aromatic heterocycles.